The van der Waals surface area contributed by atoms with E-state index in [9.17, 15) is 4.79 Å². The minimum atomic E-state index is -0.0401. The second-order valence-electron chi connectivity index (χ2n) is 3.83. The Bertz CT molecular complexity index is 168. The molecule has 0 aromatic rings. The van der Waals surface area contributed by atoms with Crippen molar-refractivity contribution in [1.82, 2.24) is 0 Å². The number of nitrogens with two attached hydrogens (primary N) is 1. The maximum Gasteiger partial charge on any atom is 0.308 e. The minimum absolute atomic E-state index is 0.0401. The third kappa shape index (κ3) is 2.99. The Balaban J connectivity index is 2.37. The highest BCUT2D eigenvalue weighted by Gasteiger charge is 2.27. The lowest BCUT2D eigenvalue weighted by atomic mass is 9.80. The van der Waals surface area contributed by atoms with Gasteiger partial charge in [-0.2, -0.15) is 0 Å². The predicted molar refractivity (Wildman–Crippen MR) is 51.1 cm³/mol. The highest BCUT2D eigenvalue weighted by molar-refractivity contribution is 5.72. The quantitative estimate of drug-likeness (QED) is 0.674. The minimum Gasteiger partial charge on any atom is -0.469 e. The van der Waals surface area contributed by atoms with Crippen LogP contribution in [-0.2, 0) is 9.53 Å². The Morgan fingerprint density at radius 2 is 2.31 bits per heavy atom. The van der Waals surface area contributed by atoms with Crippen molar-refractivity contribution in [1.29, 1.82) is 0 Å². The number of hydrogen-bond acceptors (Lipinski definition) is 3. The monoisotopic (exact) mass is 185 g/mol. The SMILES string of the molecule is COC(=O)C1CCCC(CCN)C1. The van der Waals surface area contributed by atoms with Gasteiger partial charge in [0.1, 0.15) is 0 Å². The van der Waals surface area contributed by atoms with E-state index >= 15 is 0 Å². The molecule has 0 amide bonds. The molecule has 0 aliphatic heterocycles. The van der Waals surface area contributed by atoms with Crippen molar-refractivity contribution in [2.45, 2.75) is 32.1 Å². The van der Waals surface area contributed by atoms with Crippen molar-refractivity contribution < 1.29 is 9.53 Å². The first-order valence-electron chi connectivity index (χ1n) is 5.05. The number of methoxy groups -OCH3 is 1. The Kier molecular flexibility index (Phi) is 4.22. The molecule has 13 heavy (non-hydrogen) atoms. The summed E-state index contributed by atoms with van der Waals surface area (Å²) in [4.78, 5) is 11.3. The van der Waals surface area contributed by atoms with Crippen molar-refractivity contribution in [2.75, 3.05) is 13.7 Å². The summed E-state index contributed by atoms with van der Waals surface area (Å²) in [5.74, 6) is 0.736. The van der Waals surface area contributed by atoms with Gasteiger partial charge in [-0.3, -0.25) is 4.79 Å². The van der Waals surface area contributed by atoms with Crippen LogP contribution in [0.1, 0.15) is 32.1 Å². The largest absolute Gasteiger partial charge is 0.469 e. The lowest BCUT2D eigenvalue weighted by Crippen LogP contribution is -2.25. The molecule has 0 saturated heterocycles. The van der Waals surface area contributed by atoms with Gasteiger partial charge in [0.05, 0.1) is 13.0 Å². The van der Waals surface area contributed by atoms with Crippen molar-refractivity contribution in [3.05, 3.63) is 0 Å². The third-order valence-corrected chi connectivity index (χ3v) is 2.89. The molecule has 1 saturated carbocycles. The predicted octanol–water partition coefficient (Wildman–Crippen LogP) is 1.31. The van der Waals surface area contributed by atoms with Crippen LogP contribution in [0.4, 0.5) is 0 Å². The summed E-state index contributed by atoms with van der Waals surface area (Å²) in [6, 6.07) is 0. The van der Waals surface area contributed by atoms with E-state index in [1.807, 2.05) is 0 Å². The van der Waals surface area contributed by atoms with Crippen LogP contribution in [0.2, 0.25) is 0 Å². The number of ether oxygens (including phenoxy) is 1. The van der Waals surface area contributed by atoms with Crippen LogP contribution in [-0.4, -0.2) is 19.6 Å². The summed E-state index contributed by atoms with van der Waals surface area (Å²) in [6.45, 7) is 0.735. The molecule has 0 spiro atoms. The molecule has 0 bridgehead atoms. The molecular weight excluding hydrogens is 166 g/mol. The molecule has 3 heteroatoms. The van der Waals surface area contributed by atoms with Crippen LogP contribution in [0.25, 0.3) is 0 Å². The van der Waals surface area contributed by atoms with Gasteiger partial charge in [-0.15, -0.1) is 0 Å². The smallest absolute Gasteiger partial charge is 0.308 e. The molecule has 3 nitrogen and oxygen atoms in total. The summed E-state index contributed by atoms with van der Waals surface area (Å²) in [6.07, 6.45) is 5.39. The van der Waals surface area contributed by atoms with Crippen molar-refractivity contribution in [2.24, 2.45) is 17.6 Å². The second kappa shape index (κ2) is 5.22. The molecular formula is C10H19NO2. The maximum absolute atomic E-state index is 11.3. The molecule has 1 aliphatic carbocycles. The Hall–Kier alpha value is -0.570. The highest BCUT2D eigenvalue weighted by Crippen LogP contribution is 2.31. The van der Waals surface area contributed by atoms with E-state index < -0.39 is 0 Å². The van der Waals surface area contributed by atoms with Crippen LogP contribution in [0, 0.1) is 11.8 Å². The summed E-state index contributed by atoms with van der Waals surface area (Å²) in [5.41, 5.74) is 5.50. The van der Waals surface area contributed by atoms with Gasteiger partial charge in [0.2, 0.25) is 0 Å². The van der Waals surface area contributed by atoms with Gasteiger partial charge in [-0.05, 0) is 31.7 Å². The Labute approximate surface area is 79.6 Å². The fourth-order valence-electron chi connectivity index (χ4n) is 2.17. The second-order valence-corrected chi connectivity index (χ2v) is 3.83. The van der Waals surface area contributed by atoms with Gasteiger partial charge in [-0.25, -0.2) is 0 Å². The third-order valence-electron chi connectivity index (χ3n) is 2.89. The lowest BCUT2D eigenvalue weighted by Gasteiger charge is -2.26. The molecule has 2 atom stereocenters. The molecule has 0 aromatic heterocycles. The van der Waals surface area contributed by atoms with Crippen LogP contribution in [0.15, 0.2) is 0 Å². The number of esters is 1. The van der Waals surface area contributed by atoms with Crippen LogP contribution in [0.5, 0.6) is 0 Å². The average molecular weight is 185 g/mol. The van der Waals surface area contributed by atoms with E-state index in [4.69, 9.17) is 10.5 Å². The van der Waals surface area contributed by atoms with Gasteiger partial charge >= 0.3 is 5.97 Å². The molecule has 76 valence electrons. The van der Waals surface area contributed by atoms with Crippen molar-refractivity contribution in [3.8, 4) is 0 Å². The topological polar surface area (TPSA) is 52.3 Å². The molecule has 0 radical (unpaired) electrons. The zero-order chi connectivity index (χ0) is 9.68. The zero-order valence-corrected chi connectivity index (χ0v) is 8.29. The van der Waals surface area contributed by atoms with Crippen molar-refractivity contribution >= 4 is 5.97 Å². The van der Waals surface area contributed by atoms with E-state index in [1.165, 1.54) is 13.5 Å². The number of hydrogen-bond donors (Lipinski definition) is 1. The van der Waals surface area contributed by atoms with E-state index in [1.54, 1.807) is 0 Å². The molecule has 1 fully saturated rings. The fourth-order valence-corrected chi connectivity index (χ4v) is 2.17. The van der Waals surface area contributed by atoms with Crippen molar-refractivity contribution in [3.63, 3.8) is 0 Å². The molecule has 2 unspecified atom stereocenters. The van der Waals surface area contributed by atoms with Crippen LogP contribution in [0.3, 0.4) is 0 Å². The Morgan fingerprint density at radius 1 is 1.54 bits per heavy atom. The summed E-state index contributed by atoms with van der Waals surface area (Å²) < 4.78 is 4.75. The standard InChI is InChI=1S/C10H19NO2/c1-13-10(12)9-4-2-3-8(7-9)5-6-11/h8-9H,2-7,11H2,1H3. The average Bonchev–Trinajstić information content (AvgIpc) is 2.18. The molecule has 1 aliphatic rings. The number of rotatable bonds is 3. The van der Waals surface area contributed by atoms with Crippen LogP contribution >= 0.6 is 0 Å². The number of carbonyl (C=O) groups is 1. The lowest BCUT2D eigenvalue weighted by molar-refractivity contribution is -0.147. The van der Waals surface area contributed by atoms with Gasteiger partial charge in [-0.1, -0.05) is 12.8 Å². The molecule has 2 N–H and O–H groups in total. The fraction of sp³-hybridized carbons (Fsp3) is 0.900. The highest BCUT2D eigenvalue weighted by atomic mass is 16.5. The van der Waals surface area contributed by atoms with E-state index in [2.05, 4.69) is 0 Å². The summed E-state index contributed by atoms with van der Waals surface area (Å²) in [5, 5.41) is 0. The maximum atomic E-state index is 11.3. The van der Waals surface area contributed by atoms with Gasteiger partial charge in [0.15, 0.2) is 0 Å². The van der Waals surface area contributed by atoms with Gasteiger partial charge in [0.25, 0.3) is 0 Å². The summed E-state index contributed by atoms with van der Waals surface area (Å²) >= 11 is 0. The van der Waals surface area contributed by atoms with E-state index in [0.717, 1.165) is 32.2 Å². The van der Waals surface area contributed by atoms with E-state index in [0.29, 0.717) is 5.92 Å². The zero-order valence-electron chi connectivity index (χ0n) is 8.29. The molecule has 1 rings (SSSR count). The normalized spacial score (nSPS) is 28.5. The summed E-state index contributed by atoms with van der Waals surface area (Å²) in [7, 11) is 1.47. The molecule has 0 heterocycles. The van der Waals surface area contributed by atoms with Gasteiger partial charge in [0, 0.05) is 0 Å². The van der Waals surface area contributed by atoms with Gasteiger partial charge < -0.3 is 10.5 Å². The number of carbonyl (C=O) groups excluding carboxylic acids is 1. The first-order valence-corrected chi connectivity index (χ1v) is 5.05. The first-order chi connectivity index (χ1) is 6.27. The first kappa shape index (κ1) is 10.5. The molecule has 0 aromatic carbocycles. The van der Waals surface area contributed by atoms with Crippen LogP contribution < -0.4 is 5.73 Å². The Morgan fingerprint density at radius 3 is 2.92 bits per heavy atom. The van der Waals surface area contributed by atoms with E-state index in [-0.39, 0.29) is 11.9 Å².